The van der Waals surface area contributed by atoms with Gasteiger partial charge in [-0.05, 0) is 24.1 Å². The van der Waals surface area contributed by atoms with Gasteiger partial charge in [-0.2, -0.15) is 0 Å². The van der Waals surface area contributed by atoms with Crippen LogP contribution in [0.2, 0.25) is 0 Å². The highest BCUT2D eigenvalue weighted by molar-refractivity contribution is 5.39. The fourth-order valence-corrected chi connectivity index (χ4v) is 2.16. The van der Waals surface area contributed by atoms with Gasteiger partial charge in [0.15, 0.2) is 0 Å². The lowest BCUT2D eigenvalue weighted by Gasteiger charge is -2.25. The van der Waals surface area contributed by atoms with Crippen LogP contribution in [0.5, 0.6) is 0 Å². The van der Waals surface area contributed by atoms with E-state index in [4.69, 9.17) is 5.73 Å². The molecule has 0 spiro atoms. The topological polar surface area (TPSA) is 65.3 Å². The maximum Gasteiger partial charge on any atom is 0.0314 e. The summed E-state index contributed by atoms with van der Waals surface area (Å²) in [5.41, 5.74) is 11.3. The molecule has 1 aromatic carbocycles. The molecule has 2 rings (SSSR count). The van der Waals surface area contributed by atoms with Gasteiger partial charge in [-0.1, -0.05) is 12.1 Å². The van der Waals surface area contributed by atoms with Gasteiger partial charge < -0.3 is 16.4 Å². The zero-order valence-corrected chi connectivity index (χ0v) is 11.5. The van der Waals surface area contributed by atoms with Gasteiger partial charge in [0, 0.05) is 51.5 Å². The lowest BCUT2D eigenvalue weighted by Crippen LogP contribution is -2.48. The van der Waals surface area contributed by atoms with Crippen LogP contribution in [0.15, 0.2) is 24.3 Å². The Bertz CT molecular complexity index is 341. The summed E-state index contributed by atoms with van der Waals surface area (Å²) < 4.78 is 0. The van der Waals surface area contributed by atoms with Gasteiger partial charge in [-0.3, -0.25) is 5.43 Å². The number of hydrogen-bond acceptors (Lipinski definition) is 5. The number of nitrogens with one attached hydrogen (secondary N) is 3. The zero-order valence-electron chi connectivity index (χ0n) is 11.5. The number of nitrogen functional groups attached to an aromatic ring is 1. The average Bonchev–Trinajstić information content (AvgIpc) is 2.45. The lowest BCUT2D eigenvalue weighted by molar-refractivity contribution is 0.188. The summed E-state index contributed by atoms with van der Waals surface area (Å²) in [6.45, 7) is 7.18. The van der Waals surface area contributed by atoms with Crippen LogP contribution >= 0.6 is 0 Å². The average molecular weight is 263 g/mol. The Morgan fingerprint density at radius 1 is 0.947 bits per heavy atom. The quantitative estimate of drug-likeness (QED) is 0.569. The first-order chi connectivity index (χ1) is 9.34. The van der Waals surface area contributed by atoms with Crippen LogP contribution in [0, 0.1) is 0 Å². The number of hydrazine groups is 1. The molecule has 19 heavy (non-hydrogen) atoms. The van der Waals surface area contributed by atoms with Crippen molar-refractivity contribution in [3.63, 3.8) is 0 Å². The fraction of sp³-hybridized carbons (Fsp3) is 0.571. The summed E-state index contributed by atoms with van der Waals surface area (Å²) in [5.74, 6) is 0. The van der Waals surface area contributed by atoms with E-state index in [1.807, 2.05) is 12.1 Å². The normalized spacial score (nSPS) is 19.2. The van der Waals surface area contributed by atoms with Gasteiger partial charge in [0.1, 0.15) is 0 Å². The van der Waals surface area contributed by atoms with Crippen molar-refractivity contribution in [3.05, 3.63) is 29.8 Å². The summed E-state index contributed by atoms with van der Waals surface area (Å²) in [6.07, 6.45) is 1.04. The molecule has 1 aliphatic heterocycles. The smallest absolute Gasteiger partial charge is 0.0314 e. The van der Waals surface area contributed by atoms with Crippen molar-refractivity contribution in [2.45, 2.75) is 6.42 Å². The largest absolute Gasteiger partial charge is 0.399 e. The maximum atomic E-state index is 5.70. The molecule has 0 bridgehead atoms. The standard InChI is InChI=1S/C14H25N5/c15-14-3-1-13(2-4-14)5-11-19-12-10-17-7-6-16-8-9-18-19/h1-4,16-18H,5-12,15H2. The van der Waals surface area contributed by atoms with Crippen LogP contribution in [0.4, 0.5) is 5.69 Å². The molecule has 0 amide bonds. The van der Waals surface area contributed by atoms with Crippen LogP contribution in [-0.2, 0) is 6.42 Å². The van der Waals surface area contributed by atoms with E-state index in [0.717, 1.165) is 57.9 Å². The molecule has 0 saturated carbocycles. The Morgan fingerprint density at radius 2 is 1.63 bits per heavy atom. The Labute approximate surface area is 115 Å². The molecule has 0 unspecified atom stereocenters. The Kier molecular flexibility index (Phi) is 6.10. The molecular weight excluding hydrogens is 238 g/mol. The van der Waals surface area contributed by atoms with E-state index in [-0.39, 0.29) is 0 Å². The number of nitrogens with two attached hydrogens (primary N) is 1. The van der Waals surface area contributed by atoms with E-state index in [9.17, 15) is 0 Å². The van der Waals surface area contributed by atoms with E-state index < -0.39 is 0 Å². The fourth-order valence-electron chi connectivity index (χ4n) is 2.16. The minimum Gasteiger partial charge on any atom is -0.399 e. The van der Waals surface area contributed by atoms with Gasteiger partial charge >= 0.3 is 0 Å². The summed E-state index contributed by atoms with van der Waals surface area (Å²) in [5, 5.41) is 9.12. The van der Waals surface area contributed by atoms with E-state index >= 15 is 0 Å². The summed E-state index contributed by atoms with van der Waals surface area (Å²) in [4.78, 5) is 0. The minimum absolute atomic E-state index is 0.830. The molecule has 1 heterocycles. The first kappa shape index (κ1) is 14.3. The predicted molar refractivity (Wildman–Crippen MR) is 79.9 cm³/mol. The number of rotatable bonds is 3. The molecule has 5 nitrogen and oxygen atoms in total. The highest BCUT2D eigenvalue weighted by atomic mass is 15.5. The molecule has 1 aliphatic rings. The first-order valence-corrected chi connectivity index (χ1v) is 7.09. The molecule has 5 heteroatoms. The van der Waals surface area contributed by atoms with Crippen LogP contribution < -0.4 is 21.8 Å². The highest BCUT2D eigenvalue weighted by Gasteiger charge is 2.05. The van der Waals surface area contributed by atoms with Crippen LogP contribution in [0.25, 0.3) is 0 Å². The number of benzene rings is 1. The summed E-state index contributed by atoms with van der Waals surface area (Å²) in [6, 6.07) is 8.15. The second-order valence-electron chi connectivity index (χ2n) is 4.89. The van der Waals surface area contributed by atoms with Crippen molar-refractivity contribution in [1.82, 2.24) is 21.1 Å². The molecule has 1 aromatic rings. The highest BCUT2D eigenvalue weighted by Crippen LogP contribution is 2.06. The second kappa shape index (κ2) is 8.12. The molecule has 0 aliphatic carbocycles. The Morgan fingerprint density at radius 3 is 2.42 bits per heavy atom. The van der Waals surface area contributed by atoms with E-state index in [2.05, 4.69) is 33.2 Å². The van der Waals surface area contributed by atoms with E-state index in [1.54, 1.807) is 0 Å². The molecule has 5 N–H and O–H groups in total. The number of anilines is 1. The third-order valence-corrected chi connectivity index (χ3v) is 3.32. The monoisotopic (exact) mass is 263 g/mol. The molecule has 1 fully saturated rings. The number of hydrogen-bond donors (Lipinski definition) is 4. The first-order valence-electron chi connectivity index (χ1n) is 7.09. The number of nitrogens with zero attached hydrogens (tertiary/aromatic N) is 1. The van der Waals surface area contributed by atoms with E-state index in [1.165, 1.54) is 5.56 Å². The van der Waals surface area contributed by atoms with Crippen molar-refractivity contribution >= 4 is 5.69 Å². The van der Waals surface area contributed by atoms with Gasteiger partial charge in [0.2, 0.25) is 0 Å². The second-order valence-corrected chi connectivity index (χ2v) is 4.89. The molecule has 1 saturated heterocycles. The third-order valence-electron chi connectivity index (χ3n) is 3.32. The van der Waals surface area contributed by atoms with E-state index in [0.29, 0.717) is 0 Å². The van der Waals surface area contributed by atoms with Gasteiger partial charge in [0.25, 0.3) is 0 Å². The molecule has 106 valence electrons. The predicted octanol–water partition coefficient (Wildman–Crippen LogP) is -0.189. The van der Waals surface area contributed by atoms with Crippen LogP contribution in [0.3, 0.4) is 0 Å². The van der Waals surface area contributed by atoms with Gasteiger partial charge in [0.05, 0.1) is 0 Å². The molecule has 0 aromatic heterocycles. The van der Waals surface area contributed by atoms with Gasteiger partial charge in [-0.25, -0.2) is 5.01 Å². The maximum absolute atomic E-state index is 5.70. The summed E-state index contributed by atoms with van der Waals surface area (Å²) in [7, 11) is 0. The lowest BCUT2D eigenvalue weighted by atomic mass is 10.1. The zero-order chi connectivity index (χ0) is 13.3. The van der Waals surface area contributed by atoms with Crippen molar-refractivity contribution in [2.24, 2.45) is 0 Å². The van der Waals surface area contributed by atoms with Crippen LogP contribution in [-0.4, -0.2) is 50.8 Å². The Balaban J connectivity index is 1.76. The van der Waals surface area contributed by atoms with Crippen molar-refractivity contribution in [2.75, 3.05) is 51.5 Å². The minimum atomic E-state index is 0.830. The van der Waals surface area contributed by atoms with Crippen molar-refractivity contribution in [3.8, 4) is 0 Å². The van der Waals surface area contributed by atoms with Crippen molar-refractivity contribution < 1.29 is 0 Å². The molecule has 0 atom stereocenters. The third kappa shape index (κ3) is 5.57. The molecular formula is C14H25N5. The summed E-state index contributed by atoms with van der Waals surface area (Å²) >= 11 is 0. The van der Waals surface area contributed by atoms with Crippen molar-refractivity contribution in [1.29, 1.82) is 0 Å². The van der Waals surface area contributed by atoms with Gasteiger partial charge in [-0.15, -0.1) is 0 Å². The SMILES string of the molecule is Nc1ccc(CCN2CCNCCNCCN2)cc1. The van der Waals surface area contributed by atoms with Crippen LogP contribution in [0.1, 0.15) is 5.56 Å². The Hall–Kier alpha value is -1.14. The molecule has 0 radical (unpaired) electrons.